The number of ether oxygens (including phenoxy) is 2. The zero-order valence-electron chi connectivity index (χ0n) is 21.3. The van der Waals surface area contributed by atoms with Crippen molar-refractivity contribution < 1.29 is 28.7 Å². The largest absolute Gasteiger partial charge is 0.493 e. The summed E-state index contributed by atoms with van der Waals surface area (Å²) in [5.41, 5.74) is 3.31. The van der Waals surface area contributed by atoms with Crippen LogP contribution in [0.2, 0.25) is 0 Å². The van der Waals surface area contributed by atoms with Crippen LogP contribution in [-0.2, 0) is 14.4 Å². The molecule has 38 heavy (non-hydrogen) atoms. The molecular formula is C27H28BrN3O6S. The zero-order chi connectivity index (χ0) is 27.4. The molecular weight excluding hydrogens is 574 g/mol. The van der Waals surface area contributed by atoms with E-state index in [0.717, 1.165) is 45.1 Å². The smallest absolute Gasteiger partial charge is 0.294 e. The van der Waals surface area contributed by atoms with E-state index < -0.39 is 11.1 Å². The van der Waals surface area contributed by atoms with Gasteiger partial charge in [0.15, 0.2) is 18.1 Å². The summed E-state index contributed by atoms with van der Waals surface area (Å²) in [5.74, 6) is -0.317. The normalized spacial score (nSPS) is 16.4. The molecule has 2 fully saturated rings. The number of carbonyl (C=O) groups is 4. The number of hydrogen-bond donors (Lipinski definition) is 1. The molecule has 2 saturated heterocycles. The molecule has 2 aromatic rings. The number of nitrogens with one attached hydrogen (secondary N) is 1. The maximum Gasteiger partial charge on any atom is 0.294 e. The molecule has 0 saturated carbocycles. The lowest BCUT2D eigenvalue weighted by Gasteiger charge is -2.18. The quantitative estimate of drug-likeness (QED) is 0.435. The lowest BCUT2D eigenvalue weighted by Crippen LogP contribution is -2.40. The number of anilines is 1. The standard InChI is InChI=1S/C27H28BrN3O6S/c1-16-17(2)20(8-7-19(16)28)29-24(32)15-37-21-9-6-18(12-22(21)36-3)13-23-26(34)31(27(35)38-23)14-25(33)30-10-4-5-11-30/h6-9,12-13H,4-5,10-11,14-15H2,1-3H3,(H,29,32)/b23-13-. The average Bonchev–Trinajstić information content (AvgIpc) is 3.53. The van der Waals surface area contributed by atoms with Crippen molar-refractivity contribution in [1.82, 2.24) is 9.80 Å². The summed E-state index contributed by atoms with van der Waals surface area (Å²) in [5, 5.41) is 2.38. The summed E-state index contributed by atoms with van der Waals surface area (Å²) in [6, 6.07) is 8.68. The van der Waals surface area contributed by atoms with Crippen molar-refractivity contribution in [3.63, 3.8) is 0 Å². The van der Waals surface area contributed by atoms with Gasteiger partial charge in [0.1, 0.15) is 6.54 Å². The fourth-order valence-electron chi connectivity index (χ4n) is 4.14. The van der Waals surface area contributed by atoms with Gasteiger partial charge in [0, 0.05) is 23.2 Å². The van der Waals surface area contributed by atoms with E-state index in [-0.39, 0.29) is 29.9 Å². The predicted molar refractivity (Wildman–Crippen MR) is 149 cm³/mol. The van der Waals surface area contributed by atoms with Crippen LogP contribution >= 0.6 is 27.7 Å². The van der Waals surface area contributed by atoms with Gasteiger partial charge in [-0.25, -0.2) is 0 Å². The first kappa shape index (κ1) is 27.7. The Labute approximate surface area is 233 Å². The van der Waals surface area contributed by atoms with Crippen molar-refractivity contribution in [2.45, 2.75) is 26.7 Å². The van der Waals surface area contributed by atoms with E-state index in [4.69, 9.17) is 9.47 Å². The molecule has 2 aliphatic rings. The SMILES string of the molecule is COc1cc(/C=C2\SC(=O)N(CC(=O)N3CCCC3)C2=O)ccc1OCC(=O)Nc1ccc(Br)c(C)c1C. The lowest BCUT2D eigenvalue weighted by molar-refractivity contribution is -0.135. The van der Waals surface area contributed by atoms with Crippen molar-refractivity contribution in [3.8, 4) is 11.5 Å². The molecule has 0 aliphatic carbocycles. The number of nitrogens with zero attached hydrogens (tertiary/aromatic N) is 2. The lowest BCUT2D eigenvalue weighted by atomic mass is 10.1. The molecule has 4 rings (SSSR count). The van der Waals surface area contributed by atoms with Gasteiger partial charge < -0.3 is 19.7 Å². The Morgan fingerprint density at radius 1 is 1.08 bits per heavy atom. The van der Waals surface area contributed by atoms with Gasteiger partial charge >= 0.3 is 0 Å². The van der Waals surface area contributed by atoms with Crippen molar-refractivity contribution in [2.24, 2.45) is 0 Å². The molecule has 200 valence electrons. The van der Waals surface area contributed by atoms with Crippen LogP contribution in [0.1, 0.15) is 29.5 Å². The molecule has 0 radical (unpaired) electrons. The Kier molecular flexibility index (Phi) is 8.78. The first-order chi connectivity index (χ1) is 18.2. The average molecular weight is 603 g/mol. The Balaban J connectivity index is 1.39. The predicted octanol–water partition coefficient (Wildman–Crippen LogP) is 4.75. The van der Waals surface area contributed by atoms with E-state index in [1.165, 1.54) is 7.11 Å². The molecule has 0 aromatic heterocycles. The van der Waals surface area contributed by atoms with E-state index >= 15 is 0 Å². The van der Waals surface area contributed by atoms with E-state index in [9.17, 15) is 19.2 Å². The number of thioether (sulfide) groups is 1. The van der Waals surface area contributed by atoms with Crippen LogP contribution in [0.4, 0.5) is 10.5 Å². The number of halogens is 1. The van der Waals surface area contributed by atoms with E-state index in [2.05, 4.69) is 21.2 Å². The molecule has 0 atom stereocenters. The second kappa shape index (κ2) is 12.0. The Morgan fingerprint density at radius 2 is 1.82 bits per heavy atom. The summed E-state index contributed by atoms with van der Waals surface area (Å²) in [6.07, 6.45) is 3.44. The summed E-state index contributed by atoms with van der Waals surface area (Å²) >= 11 is 4.27. The molecule has 4 amide bonds. The molecule has 2 aliphatic heterocycles. The summed E-state index contributed by atoms with van der Waals surface area (Å²) in [7, 11) is 1.47. The van der Waals surface area contributed by atoms with Crippen LogP contribution < -0.4 is 14.8 Å². The van der Waals surface area contributed by atoms with Crippen LogP contribution in [0.5, 0.6) is 11.5 Å². The van der Waals surface area contributed by atoms with Gasteiger partial charge in [0.05, 0.1) is 12.0 Å². The highest BCUT2D eigenvalue weighted by molar-refractivity contribution is 9.10. The number of carbonyl (C=O) groups excluding carboxylic acids is 4. The second-order valence-electron chi connectivity index (χ2n) is 8.95. The molecule has 0 bridgehead atoms. The second-order valence-corrected chi connectivity index (χ2v) is 10.8. The van der Waals surface area contributed by atoms with Gasteiger partial charge in [-0.05, 0) is 85.5 Å². The van der Waals surface area contributed by atoms with Gasteiger partial charge in [-0.15, -0.1) is 0 Å². The Hall–Kier alpha value is -3.31. The molecule has 9 nitrogen and oxygen atoms in total. The fraction of sp³-hybridized carbons (Fsp3) is 0.333. The van der Waals surface area contributed by atoms with Crippen LogP contribution in [0.25, 0.3) is 6.08 Å². The number of rotatable bonds is 8. The van der Waals surface area contributed by atoms with Crippen molar-refractivity contribution in [1.29, 1.82) is 0 Å². The van der Waals surface area contributed by atoms with Gasteiger partial charge in [0.25, 0.3) is 17.1 Å². The number of methoxy groups -OCH3 is 1. The van der Waals surface area contributed by atoms with Gasteiger partial charge in [0.2, 0.25) is 5.91 Å². The molecule has 2 aromatic carbocycles. The molecule has 0 unspecified atom stereocenters. The topological polar surface area (TPSA) is 105 Å². The number of likely N-dealkylation sites (tertiary alicyclic amines) is 1. The van der Waals surface area contributed by atoms with E-state index in [0.29, 0.717) is 35.8 Å². The third kappa shape index (κ3) is 6.21. The molecule has 0 spiro atoms. The van der Waals surface area contributed by atoms with Gasteiger partial charge in [-0.1, -0.05) is 22.0 Å². The Bertz CT molecular complexity index is 1320. The zero-order valence-corrected chi connectivity index (χ0v) is 23.7. The minimum absolute atomic E-state index is 0.219. The van der Waals surface area contributed by atoms with Gasteiger partial charge in [-0.3, -0.25) is 24.1 Å². The first-order valence-electron chi connectivity index (χ1n) is 12.1. The number of amides is 4. The van der Waals surface area contributed by atoms with Crippen molar-refractivity contribution in [3.05, 3.63) is 56.4 Å². The number of imide groups is 1. The number of benzene rings is 2. The highest BCUT2D eigenvalue weighted by atomic mass is 79.9. The van der Waals surface area contributed by atoms with Gasteiger partial charge in [-0.2, -0.15) is 0 Å². The van der Waals surface area contributed by atoms with Crippen molar-refractivity contribution >= 4 is 62.4 Å². The maximum absolute atomic E-state index is 12.8. The van der Waals surface area contributed by atoms with Crippen LogP contribution in [0, 0.1) is 13.8 Å². The van der Waals surface area contributed by atoms with Crippen LogP contribution in [0.3, 0.4) is 0 Å². The van der Waals surface area contributed by atoms with Crippen molar-refractivity contribution in [2.75, 3.05) is 38.7 Å². The molecule has 11 heteroatoms. The van der Waals surface area contributed by atoms with Crippen LogP contribution in [-0.4, -0.2) is 66.1 Å². The fourth-order valence-corrected chi connectivity index (χ4v) is 5.40. The molecule has 2 heterocycles. The summed E-state index contributed by atoms with van der Waals surface area (Å²) in [4.78, 5) is 53.0. The first-order valence-corrected chi connectivity index (χ1v) is 13.7. The van der Waals surface area contributed by atoms with E-state index in [1.807, 2.05) is 26.0 Å². The third-order valence-corrected chi connectivity index (χ3v) is 8.23. The monoisotopic (exact) mass is 601 g/mol. The Morgan fingerprint density at radius 3 is 2.53 bits per heavy atom. The maximum atomic E-state index is 12.8. The van der Waals surface area contributed by atoms with E-state index in [1.54, 1.807) is 29.2 Å². The number of hydrogen-bond acceptors (Lipinski definition) is 7. The summed E-state index contributed by atoms with van der Waals surface area (Å²) in [6.45, 7) is 4.73. The molecule has 1 N–H and O–H groups in total. The third-order valence-electron chi connectivity index (χ3n) is 6.47. The highest BCUT2D eigenvalue weighted by Gasteiger charge is 2.37. The summed E-state index contributed by atoms with van der Waals surface area (Å²) < 4.78 is 12.1. The van der Waals surface area contributed by atoms with Crippen LogP contribution in [0.15, 0.2) is 39.7 Å². The minimum atomic E-state index is -0.498. The highest BCUT2D eigenvalue weighted by Crippen LogP contribution is 2.35. The minimum Gasteiger partial charge on any atom is -0.493 e.